The van der Waals surface area contributed by atoms with Crippen molar-refractivity contribution >= 4 is 0 Å². The van der Waals surface area contributed by atoms with E-state index in [0.717, 1.165) is 6.54 Å². The van der Waals surface area contributed by atoms with Crippen LogP contribution < -0.4 is 5.73 Å². The Labute approximate surface area is 76.1 Å². The molecule has 1 aliphatic heterocycles. The van der Waals surface area contributed by atoms with Crippen LogP contribution in [0.1, 0.15) is 32.6 Å². The van der Waals surface area contributed by atoms with Crippen molar-refractivity contribution in [2.75, 3.05) is 26.7 Å². The summed E-state index contributed by atoms with van der Waals surface area (Å²) in [5.41, 5.74) is 6.23. The van der Waals surface area contributed by atoms with Crippen LogP contribution in [0.5, 0.6) is 0 Å². The van der Waals surface area contributed by atoms with Crippen LogP contribution in [0.15, 0.2) is 0 Å². The van der Waals surface area contributed by atoms with Crippen LogP contribution in [0.25, 0.3) is 0 Å². The fourth-order valence-corrected chi connectivity index (χ4v) is 2.18. The number of hydrogen-bond donors (Lipinski definition) is 1. The third kappa shape index (κ3) is 2.20. The monoisotopic (exact) mass is 170 g/mol. The largest absolute Gasteiger partial charge is 0.330 e. The van der Waals surface area contributed by atoms with Gasteiger partial charge in [-0.2, -0.15) is 0 Å². The summed E-state index contributed by atoms with van der Waals surface area (Å²) in [6, 6.07) is 0. The smallest absolute Gasteiger partial charge is 0.00165 e. The zero-order chi connectivity index (χ0) is 9.03. The van der Waals surface area contributed by atoms with Crippen LogP contribution in [0.3, 0.4) is 0 Å². The summed E-state index contributed by atoms with van der Waals surface area (Å²) in [6.07, 6.45) is 5.21. The molecule has 2 heteroatoms. The Balaban J connectivity index is 2.45. The maximum atomic E-state index is 5.64. The van der Waals surface area contributed by atoms with Crippen molar-refractivity contribution < 1.29 is 0 Å². The summed E-state index contributed by atoms with van der Waals surface area (Å²) in [5, 5.41) is 0. The summed E-state index contributed by atoms with van der Waals surface area (Å²) in [6.45, 7) is 5.68. The number of nitrogens with zero attached hydrogens (tertiary/aromatic N) is 1. The lowest BCUT2D eigenvalue weighted by Gasteiger charge is -2.40. The van der Waals surface area contributed by atoms with Crippen LogP contribution in [0.2, 0.25) is 0 Å². The van der Waals surface area contributed by atoms with Crippen LogP contribution in [-0.4, -0.2) is 31.6 Å². The number of hydrogen-bond acceptors (Lipinski definition) is 2. The zero-order valence-corrected chi connectivity index (χ0v) is 8.47. The molecule has 1 fully saturated rings. The molecule has 0 radical (unpaired) electrons. The van der Waals surface area contributed by atoms with Gasteiger partial charge in [-0.1, -0.05) is 13.3 Å². The highest BCUT2D eigenvalue weighted by Crippen LogP contribution is 2.37. The number of likely N-dealkylation sites (tertiary alicyclic amines) is 1. The van der Waals surface area contributed by atoms with Crippen LogP contribution >= 0.6 is 0 Å². The van der Waals surface area contributed by atoms with E-state index in [-0.39, 0.29) is 0 Å². The van der Waals surface area contributed by atoms with E-state index in [2.05, 4.69) is 18.9 Å². The third-order valence-corrected chi connectivity index (χ3v) is 3.47. The fourth-order valence-electron chi connectivity index (χ4n) is 2.18. The van der Waals surface area contributed by atoms with Crippen LogP contribution in [0.4, 0.5) is 0 Å². The fraction of sp³-hybridized carbons (Fsp3) is 1.00. The van der Waals surface area contributed by atoms with Gasteiger partial charge in [-0.25, -0.2) is 0 Å². The Morgan fingerprint density at radius 1 is 1.33 bits per heavy atom. The first kappa shape index (κ1) is 10.0. The number of rotatable bonds is 3. The van der Waals surface area contributed by atoms with Gasteiger partial charge in [0, 0.05) is 0 Å². The van der Waals surface area contributed by atoms with E-state index < -0.39 is 0 Å². The normalized spacial score (nSPS) is 24.2. The van der Waals surface area contributed by atoms with E-state index >= 15 is 0 Å². The van der Waals surface area contributed by atoms with Gasteiger partial charge in [0.1, 0.15) is 0 Å². The molecule has 2 N–H and O–H groups in total. The van der Waals surface area contributed by atoms with E-state index in [9.17, 15) is 0 Å². The summed E-state index contributed by atoms with van der Waals surface area (Å²) >= 11 is 0. The summed E-state index contributed by atoms with van der Waals surface area (Å²) < 4.78 is 0. The molecule has 1 heterocycles. The van der Waals surface area contributed by atoms with Gasteiger partial charge in [0.05, 0.1) is 0 Å². The highest BCUT2D eigenvalue weighted by molar-refractivity contribution is 4.84. The first-order chi connectivity index (χ1) is 5.72. The molecule has 0 aromatic rings. The van der Waals surface area contributed by atoms with Crippen molar-refractivity contribution in [2.24, 2.45) is 11.1 Å². The average Bonchev–Trinajstić information content (AvgIpc) is 2.10. The molecule has 0 aliphatic carbocycles. The minimum atomic E-state index is 0.585. The highest BCUT2D eigenvalue weighted by Gasteiger charge is 2.30. The van der Waals surface area contributed by atoms with E-state index in [1.54, 1.807) is 0 Å². The molecule has 0 saturated carbocycles. The summed E-state index contributed by atoms with van der Waals surface area (Å²) in [4.78, 5) is 2.42. The Kier molecular flexibility index (Phi) is 3.53. The average molecular weight is 170 g/mol. The van der Waals surface area contributed by atoms with Crippen molar-refractivity contribution in [1.82, 2.24) is 4.90 Å². The standard InChI is InChI=1S/C10H22N2/c1-3-10(4-7-11)5-8-12(2)9-6-10/h3-9,11H2,1-2H3. The molecular weight excluding hydrogens is 148 g/mol. The predicted molar refractivity (Wildman–Crippen MR) is 53.1 cm³/mol. The highest BCUT2D eigenvalue weighted by atomic mass is 15.1. The van der Waals surface area contributed by atoms with E-state index in [1.807, 2.05) is 0 Å². The second-order valence-corrected chi connectivity index (χ2v) is 4.20. The molecule has 2 nitrogen and oxygen atoms in total. The minimum absolute atomic E-state index is 0.585. The maximum Gasteiger partial charge on any atom is -0.00165 e. The Hall–Kier alpha value is -0.0800. The van der Waals surface area contributed by atoms with Crippen molar-refractivity contribution in [2.45, 2.75) is 32.6 Å². The summed E-state index contributed by atoms with van der Waals surface area (Å²) in [5.74, 6) is 0. The van der Waals surface area contributed by atoms with Crippen molar-refractivity contribution in [1.29, 1.82) is 0 Å². The van der Waals surface area contributed by atoms with Gasteiger partial charge >= 0.3 is 0 Å². The van der Waals surface area contributed by atoms with Crippen LogP contribution in [-0.2, 0) is 0 Å². The quantitative estimate of drug-likeness (QED) is 0.695. The van der Waals surface area contributed by atoms with Gasteiger partial charge in [0.25, 0.3) is 0 Å². The molecule has 0 aromatic carbocycles. The molecule has 0 spiro atoms. The maximum absolute atomic E-state index is 5.64. The van der Waals surface area contributed by atoms with Gasteiger partial charge in [-0.15, -0.1) is 0 Å². The second kappa shape index (κ2) is 4.24. The molecule has 1 aliphatic rings. The first-order valence-electron chi connectivity index (χ1n) is 5.11. The number of piperidine rings is 1. The minimum Gasteiger partial charge on any atom is -0.330 e. The second-order valence-electron chi connectivity index (χ2n) is 4.20. The lowest BCUT2D eigenvalue weighted by atomic mass is 9.74. The Morgan fingerprint density at radius 3 is 2.33 bits per heavy atom. The van der Waals surface area contributed by atoms with Gasteiger partial charge in [0.15, 0.2) is 0 Å². The van der Waals surface area contributed by atoms with Gasteiger partial charge in [-0.3, -0.25) is 0 Å². The molecule has 0 aromatic heterocycles. The zero-order valence-electron chi connectivity index (χ0n) is 8.47. The van der Waals surface area contributed by atoms with Crippen LogP contribution in [0, 0.1) is 5.41 Å². The Bertz CT molecular complexity index is 126. The number of nitrogens with two attached hydrogens (primary N) is 1. The van der Waals surface area contributed by atoms with Crippen molar-refractivity contribution in [3.63, 3.8) is 0 Å². The van der Waals surface area contributed by atoms with Gasteiger partial charge in [-0.05, 0) is 51.4 Å². The molecule has 0 amide bonds. The lowest BCUT2D eigenvalue weighted by molar-refractivity contribution is 0.110. The predicted octanol–water partition coefficient (Wildman–Crippen LogP) is 1.46. The molecule has 0 unspecified atom stereocenters. The SMILES string of the molecule is CCC1(CCN)CCN(C)CC1. The lowest BCUT2D eigenvalue weighted by Crippen LogP contribution is -2.38. The first-order valence-corrected chi connectivity index (χ1v) is 5.11. The molecule has 0 bridgehead atoms. The third-order valence-electron chi connectivity index (χ3n) is 3.47. The Morgan fingerprint density at radius 2 is 1.92 bits per heavy atom. The molecular formula is C10H22N2. The molecule has 0 atom stereocenters. The topological polar surface area (TPSA) is 29.3 Å². The summed E-state index contributed by atoms with van der Waals surface area (Å²) in [7, 11) is 2.21. The van der Waals surface area contributed by atoms with E-state index in [0.29, 0.717) is 5.41 Å². The molecule has 12 heavy (non-hydrogen) atoms. The van der Waals surface area contributed by atoms with Crippen molar-refractivity contribution in [3.8, 4) is 0 Å². The molecule has 1 saturated heterocycles. The van der Waals surface area contributed by atoms with Gasteiger partial charge in [0.2, 0.25) is 0 Å². The van der Waals surface area contributed by atoms with Crippen molar-refractivity contribution in [3.05, 3.63) is 0 Å². The molecule has 1 rings (SSSR count). The van der Waals surface area contributed by atoms with E-state index in [1.165, 1.54) is 38.8 Å². The molecule has 72 valence electrons. The van der Waals surface area contributed by atoms with E-state index in [4.69, 9.17) is 5.73 Å². The van der Waals surface area contributed by atoms with Gasteiger partial charge < -0.3 is 10.6 Å².